The molecule has 0 atom stereocenters. The number of hydrogen-bond donors (Lipinski definition) is 1. The maximum absolute atomic E-state index is 13.0. The van der Waals surface area contributed by atoms with Crippen LogP contribution in [0.3, 0.4) is 0 Å². The van der Waals surface area contributed by atoms with E-state index < -0.39 is 18.3 Å². The highest BCUT2D eigenvalue weighted by Gasteiger charge is 2.36. The van der Waals surface area contributed by atoms with Crippen LogP contribution in [0.15, 0.2) is 12.1 Å². The predicted octanol–water partition coefficient (Wildman–Crippen LogP) is 2.97. The van der Waals surface area contributed by atoms with Crippen molar-refractivity contribution in [2.24, 2.45) is 0 Å². The highest BCUT2D eigenvalue weighted by atomic mass is 35.5. The fraction of sp³-hybridized carbons (Fsp3) is 0.286. The van der Waals surface area contributed by atoms with Crippen molar-refractivity contribution in [2.45, 2.75) is 12.3 Å². The van der Waals surface area contributed by atoms with Gasteiger partial charge < -0.3 is 5.11 Å². The van der Waals surface area contributed by atoms with Crippen LogP contribution in [0.5, 0.6) is 0 Å². The average Bonchev–Trinajstić information content (AvgIpc) is 2.32. The van der Waals surface area contributed by atoms with Crippen LogP contribution < -0.4 is 0 Å². The third kappa shape index (κ3) is 2.63. The van der Waals surface area contributed by atoms with Crippen molar-refractivity contribution in [3.63, 3.8) is 0 Å². The molecule has 1 aromatic heterocycles. The van der Waals surface area contributed by atoms with E-state index in [0.29, 0.717) is 11.3 Å². The van der Waals surface area contributed by atoms with E-state index in [0.717, 1.165) is 6.07 Å². The summed E-state index contributed by atoms with van der Waals surface area (Å²) in [6.45, 7) is 0. The first-order chi connectivity index (χ1) is 5.92. The number of alkyl halides is 2. The van der Waals surface area contributed by atoms with Crippen LogP contribution in [0.1, 0.15) is 11.3 Å². The van der Waals surface area contributed by atoms with Crippen LogP contribution in [0.2, 0.25) is 4.34 Å². The molecule has 0 aromatic carbocycles. The van der Waals surface area contributed by atoms with Crippen LogP contribution in [0, 0.1) is 0 Å². The zero-order chi connectivity index (χ0) is 10.1. The van der Waals surface area contributed by atoms with Crippen molar-refractivity contribution in [2.75, 3.05) is 0 Å². The number of carbonyl (C=O) groups is 1. The van der Waals surface area contributed by atoms with Gasteiger partial charge in [-0.2, -0.15) is 8.78 Å². The molecule has 0 saturated carbocycles. The lowest BCUT2D eigenvalue weighted by molar-refractivity contribution is -0.145. The summed E-state index contributed by atoms with van der Waals surface area (Å²) in [5.41, 5.74) is 0. The molecule has 13 heavy (non-hydrogen) atoms. The molecular weight excluding hydrogens is 222 g/mol. The second-order valence-corrected chi connectivity index (χ2v) is 4.09. The summed E-state index contributed by atoms with van der Waals surface area (Å²) < 4.78 is 26.2. The topological polar surface area (TPSA) is 37.3 Å². The molecule has 0 spiro atoms. The summed E-state index contributed by atoms with van der Waals surface area (Å²) in [7, 11) is 0. The van der Waals surface area contributed by atoms with Gasteiger partial charge >= 0.3 is 5.97 Å². The molecule has 0 radical (unpaired) electrons. The van der Waals surface area contributed by atoms with Crippen LogP contribution >= 0.6 is 22.9 Å². The Labute approximate surface area is 81.8 Å². The molecule has 72 valence electrons. The van der Waals surface area contributed by atoms with Crippen LogP contribution in [0.4, 0.5) is 8.78 Å². The number of thiophene rings is 1. The van der Waals surface area contributed by atoms with Crippen molar-refractivity contribution in [3.05, 3.63) is 21.3 Å². The molecule has 1 rings (SSSR count). The number of carboxylic acids is 1. The van der Waals surface area contributed by atoms with E-state index in [1.165, 1.54) is 6.07 Å². The smallest absolute Gasteiger partial charge is 0.309 e. The summed E-state index contributed by atoms with van der Waals surface area (Å²) in [5, 5.41) is 8.21. The quantitative estimate of drug-likeness (QED) is 0.860. The van der Waals surface area contributed by atoms with Gasteiger partial charge in [-0.25, -0.2) is 0 Å². The Morgan fingerprint density at radius 1 is 1.62 bits per heavy atom. The van der Waals surface area contributed by atoms with Crippen molar-refractivity contribution < 1.29 is 18.7 Å². The van der Waals surface area contributed by atoms with Crippen molar-refractivity contribution in [1.29, 1.82) is 0 Å². The fourth-order valence-electron chi connectivity index (χ4n) is 0.788. The first-order valence-electron chi connectivity index (χ1n) is 3.27. The monoisotopic (exact) mass is 226 g/mol. The summed E-state index contributed by atoms with van der Waals surface area (Å²) in [5.74, 6) is -4.86. The standard InChI is InChI=1S/C7H5ClF2O2S/c8-5-2-1-4(13-5)7(9,10)3-6(11)12/h1-2H,3H2,(H,11,12). The van der Waals surface area contributed by atoms with E-state index in [2.05, 4.69) is 0 Å². The molecule has 1 N–H and O–H groups in total. The third-order valence-electron chi connectivity index (χ3n) is 1.31. The van der Waals surface area contributed by atoms with Gasteiger partial charge in [0.2, 0.25) is 0 Å². The minimum atomic E-state index is -3.33. The Kier molecular flexibility index (Phi) is 2.87. The molecule has 0 aliphatic carbocycles. The van der Waals surface area contributed by atoms with Gasteiger partial charge in [-0.3, -0.25) is 4.79 Å². The number of aliphatic carboxylic acids is 1. The lowest BCUT2D eigenvalue weighted by Crippen LogP contribution is -2.16. The van der Waals surface area contributed by atoms with Crippen molar-refractivity contribution in [3.8, 4) is 0 Å². The second-order valence-electron chi connectivity index (χ2n) is 2.38. The molecule has 0 bridgehead atoms. The number of rotatable bonds is 3. The maximum atomic E-state index is 13.0. The molecular formula is C7H5ClF2O2S. The molecule has 0 amide bonds. The second kappa shape index (κ2) is 3.59. The van der Waals surface area contributed by atoms with Crippen molar-refractivity contribution >= 4 is 28.9 Å². The molecule has 6 heteroatoms. The van der Waals surface area contributed by atoms with Gasteiger partial charge in [0.05, 0.1) is 9.21 Å². The van der Waals surface area contributed by atoms with E-state index in [4.69, 9.17) is 16.7 Å². The van der Waals surface area contributed by atoms with E-state index in [1.807, 2.05) is 0 Å². The summed E-state index contributed by atoms with van der Waals surface area (Å²) in [4.78, 5) is 9.77. The average molecular weight is 227 g/mol. The number of carboxylic acid groups (broad SMARTS) is 1. The van der Waals surface area contributed by atoms with Crippen molar-refractivity contribution in [1.82, 2.24) is 0 Å². The summed E-state index contributed by atoms with van der Waals surface area (Å²) >= 11 is 6.13. The SMILES string of the molecule is O=C(O)CC(F)(F)c1ccc(Cl)s1. The first kappa shape index (κ1) is 10.4. The molecule has 0 unspecified atom stereocenters. The van der Waals surface area contributed by atoms with Crippen LogP contribution in [-0.4, -0.2) is 11.1 Å². The molecule has 1 heterocycles. The zero-order valence-electron chi connectivity index (χ0n) is 6.26. The van der Waals surface area contributed by atoms with Gasteiger partial charge in [-0.1, -0.05) is 11.6 Å². The Morgan fingerprint density at radius 2 is 2.23 bits per heavy atom. The van der Waals surface area contributed by atoms with E-state index >= 15 is 0 Å². The zero-order valence-corrected chi connectivity index (χ0v) is 7.83. The van der Waals surface area contributed by atoms with Gasteiger partial charge in [-0.05, 0) is 12.1 Å². The van der Waals surface area contributed by atoms with Gasteiger partial charge in [0.1, 0.15) is 6.42 Å². The highest BCUT2D eigenvalue weighted by molar-refractivity contribution is 7.16. The first-order valence-corrected chi connectivity index (χ1v) is 4.47. The van der Waals surface area contributed by atoms with Gasteiger partial charge in [-0.15, -0.1) is 11.3 Å². The Balaban J connectivity index is 2.86. The van der Waals surface area contributed by atoms with Crippen LogP contribution in [0.25, 0.3) is 0 Å². The normalized spacial score (nSPS) is 11.6. The predicted molar refractivity (Wildman–Crippen MR) is 45.5 cm³/mol. The Morgan fingerprint density at radius 3 is 2.62 bits per heavy atom. The molecule has 0 aliphatic rings. The van der Waals surface area contributed by atoms with E-state index in [9.17, 15) is 13.6 Å². The van der Waals surface area contributed by atoms with Gasteiger partial charge in [0, 0.05) is 0 Å². The largest absolute Gasteiger partial charge is 0.481 e. The highest BCUT2D eigenvalue weighted by Crippen LogP contribution is 2.37. The maximum Gasteiger partial charge on any atom is 0.309 e. The lowest BCUT2D eigenvalue weighted by Gasteiger charge is -2.10. The molecule has 2 nitrogen and oxygen atoms in total. The molecule has 0 aliphatic heterocycles. The number of hydrogen-bond acceptors (Lipinski definition) is 2. The van der Waals surface area contributed by atoms with Crippen LogP contribution in [-0.2, 0) is 10.7 Å². The lowest BCUT2D eigenvalue weighted by atomic mass is 10.2. The summed E-state index contributed by atoms with van der Waals surface area (Å²) in [6.07, 6.45) is -1.20. The van der Waals surface area contributed by atoms with E-state index in [1.54, 1.807) is 0 Å². The van der Waals surface area contributed by atoms with Gasteiger partial charge in [0.15, 0.2) is 0 Å². The molecule has 0 fully saturated rings. The molecule has 1 aromatic rings. The fourth-order valence-corrected chi connectivity index (χ4v) is 1.80. The Bertz CT molecular complexity index is 324. The molecule has 0 saturated heterocycles. The Hall–Kier alpha value is -0.680. The minimum absolute atomic E-state index is 0.222. The van der Waals surface area contributed by atoms with E-state index in [-0.39, 0.29) is 9.21 Å². The summed E-state index contributed by atoms with van der Waals surface area (Å²) in [6, 6.07) is 2.45. The third-order valence-corrected chi connectivity index (χ3v) is 2.65. The van der Waals surface area contributed by atoms with Gasteiger partial charge in [0.25, 0.3) is 5.92 Å². The number of halogens is 3. The minimum Gasteiger partial charge on any atom is -0.481 e.